The van der Waals surface area contributed by atoms with Crippen LogP contribution in [0, 0.1) is 5.82 Å². The third-order valence-electron chi connectivity index (χ3n) is 2.48. The second-order valence-electron chi connectivity index (χ2n) is 3.73. The van der Waals surface area contributed by atoms with Crippen LogP contribution in [0.3, 0.4) is 0 Å². The molecule has 1 N–H and O–H groups in total. The molecule has 18 heavy (non-hydrogen) atoms. The molecule has 0 fully saturated rings. The lowest BCUT2D eigenvalue weighted by Gasteiger charge is -2.07. The molecular weight excluding hydrogens is 231 g/mol. The highest BCUT2D eigenvalue weighted by atomic mass is 19.1. The van der Waals surface area contributed by atoms with Gasteiger partial charge in [0.2, 0.25) is 0 Å². The van der Waals surface area contributed by atoms with E-state index in [-0.39, 0.29) is 5.82 Å². The summed E-state index contributed by atoms with van der Waals surface area (Å²) >= 11 is 0. The zero-order valence-electron chi connectivity index (χ0n) is 9.34. The van der Waals surface area contributed by atoms with Crippen molar-refractivity contribution in [2.75, 3.05) is 5.32 Å². The Morgan fingerprint density at radius 3 is 2.83 bits per heavy atom. The lowest BCUT2D eigenvalue weighted by molar-refractivity contribution is 0.628. The highest BCUT2D eigenvalue weighted by Crippen LogP contribution is 2.20. The van der Waals surface area contributed by atoms with E-state index < -0.39 is 0 Å². The number of nitrogens with one attached hydrogen (secondary N) is 1. The van der Waals surface area contributed by atoms with Crippen molar-refractivity contribution in [2.24, 2.45) is 0 Å². The molecule has 5 heteroatoms. The molecule has 1 aromatic carbocycles. The largest absolute Gasteiger partial charge is 0.338 e. The molecule has 4 nitrogen and oxygen atoms in total. The average molecular weight is 240 g/mol. The standard InChI is InChI=1S/C13H9FN4/c14-9-3-1-4-10(7-9)18-13-12-11(16-8-17-13)5-2-6-15-12/h1-8H,(H,16,17,18). The Labute approximate surface area is 103 Å². The zero-order valence-corrected chi connectivity index (χ0v) is 9.34. The fraction of sp³-hybridized carbons (Fsp3) is 0. The molecule has 0 radical (unpaired) electrons. The second-order valence-corrected chi connectivity index (χ2v) is 3.73. The van der Waals surface area contributed by atoms with Crippen molar-refractivity contribution in [1.29, 1.82) is 0 Å². The first kappa shape index (κ1) is 10.6. The zero-order chi connectivity index (χ0) is 12.4. The predicted molar refractivity (Wildman–Crippen MR) is 67.0 cm³/mol. The second kappa shape index (κ2) is 4.37. The van der Waals surface area contributed by atoms with Gasteiger partial charge in [0.1, 0.15) is 17.7 Å². The summed E-state index contributed by atoms with van der Waals surface area (Å²) in [6.07, 6.45) is 3.12. The molecule has 0 saturated heterocycles. The van der Waals surface area contributed by atoms with Gasteiger partial charge >= 0.3 is 0 Å². The van der Waals surface area contributed by atoms with Gasteiger partial charge in [-0.1, -0.05) is 6.07 Å². The number of hydrogen-bond donors (Lipinski definition) is 1. The summed E-state index contributed by atoms with van der Waals surface area (Å²) in [5, 5.41) is 3.03. The summed E-state index contributed by atoms with van der Waals surface area (Å²) < 4.78 is 13.1. The first-order valence-electron chi connectivity index (χ1n) is 5.41. The number of nitrogens with zero attached hydrogens (tertiary/aromatic N) is 3. The van der Waals surface area contributed by atoms with Crippen LogP contribution in [0.2, 0.25) is 0 Å². The van der Waals surface area contributed by atoms with Crippen LogP contribution in [0.15, 0.2) is 48.9 Å². The van der Waals surface area contributed by atoms with E-state index in [1.54, 1.807) is 24.4 Å². The van der Waals surface area contributed by atoms with Gasteiger partial charge in [-0.2, -0.15) is 0 Å². The van der Waals surface area contributed by atoms with Crippen LogP contribution in [-0.4, -0.2) is 15.0 Å². The van der Waals surface area contributed by atoms with Crippen LogP contribution in [0.5, 0.6) is 0 Å². The number of hydrogen-bond acceptors (Lipinski definition) is 4. The summed E-state index contributed by atoms with van der Waals surface area (Å²) in [5.74, 6) is 0.262. The van der Waals surface area contributed by atoms with Crippen molar-refractivity contribution < 1.29 is 4.39 Å². The molecule has 3 rings (SSSR count). The van der Waals surface area contributed by atoms with Gasteiger partial charge < -0.3 is 5.32 Å². The molecule has 3 aromatic rings. The Morgan fingerprint density at radius 1 is 1.00 bits per heavy atom. The molecule has 0 aliphatic carbocycles. The van der Waals surface area contributed by atoms with Gasteiger partial charge in [-0.25, -0.2) is 14.4 Å². The van der Waals surface area contributed by atoms with Gasteiger partial charge in [0.05, 0.1) is 5.52 Å². The van der Waals surface area contributed by atoms with E-state index >= 15 is 0 Å². The van der Waals surface area contributed by atoms with Gasteiger partial charge in [-0.15, -0.1) is 0 Å². The van der Waals surface area contributed by atoms with Crippen LogP contribution in [0.25, 0.3) is 11.0 Å². The number of halogens is 1. The number of anilines is 2. The van der Waals surface area contributed by atoms with Crippen molar-refractivity contribution in [1.82, 2.24) is 15.0 Å². The van der Waals surface area contributed by atoms with Crippen LogP contribution in [-0.2, 0) is 0 Å². The van der Waals surface area contributed by atoms with Crippen molar-refractivity contribution in [3.8, 4) is 0 Å². The summed E-state index contributed by atoms with van der Waals surface area (Å²) in [5.41, 5.74) is 2.02. The lowest BCUT2D eigenvalue weighted by Crippen LogP contribution is -1.97. The molecule has 0 spiro atoms. The first-order chi connectivity index (χ1) is 8.83. The van der Waals surface area contributed by atoms with E-state index in [2.05, 4.69) is 20.3 Å². The Hall–Kier alpha value is -2.56. The Balaban J connectivity index is 2.05. The maximum absolute atomic E-state index is 13.1. The van der Waals surface area contributed by atoms with Crippen molar-refractivity contribution in [3.05, 3.63) is 54.7 Å². The van der Waals surface area contributed by atoms with Crippen LogP contribution >= 0.6 is 0 Å². The van der Waals surface area contributed by atoms with E-state index in [1.165, 1.54) is 18.5 Å². The van der Waals surface area contributed by atoms with E-state index in [0.29, 0.717) is 17.0 Å². The van der Waals surface area contributed by atoms with Crippen LogP contribution in [0.1, 0.15) is 0 Å². The minimum absolute atomic E-state index is 0.300. The Morgan fingerprint density at radius 2 is 1.94 bits per heavy atom. The van der Waals surface area contributed by atoms with E-state index in [4.69, 9.17) is 0 Å². The molecule has 0 aliphatic heterocycles. The van der Waals surface area contributed by atoms with Gasteiger partial charge in [-0.05, 0) is 30.3 Å². The van der Waals surface area contributed by atoms with Gasteiger partial charge in [0.25, 0.3) is 0 Å². The fourth-order valence-electron chi connectivity index (χ4n) is 1.69. The van der Waals surface area contributed by atoms with Crippen LogP contribution < -0.4 is 5.32 Å². The third kappa shape index (κ3) is 1.98. The molecule has 0 aliphatic rings. The third-order valence-corrected chi connectivity index (χ3v) is 2.48. The normalized spacial score (nSPS) is 10.5. The molecule has 2 aromatic heterocycles. The Bertz CT molecular complexity index is 694. The molecule has 2 heterocycles. The SMILES string of the molecule is Fc1cccc(Nc2ncnc3cccnc23)c1. The lowest BCUT2D eigenvalue weighted by atomic mass is 10.3. The number of rotatable bonds is 2. The topological polar surface area (TPSA) is 50.7 Å². The summed E-state index contributed by atoms with van der Waals surface area (Å²) in [6, 6.07) is 9.84. The average Bonchev–Trinajstić information content (AvgIpc) is 2.39. The highest BCUT2D eigenvalue weighted by Gasteiger charge is 2.04. The molecule has 0 amide bonds. The van der Waals surface area contributed by atoms with Crippen molar-refractivity contribution in [3.63, 3.8) is 0 Å². The van der Waals surface area contributed by atoms with Crippen molar-refractivity contribution >= 4 is 22.5 Å². The summed E-state index contributed by atoms with van der Waals surface area (Å²) in [6.45, 7) is 0. The summed E-state index contributed by atoms with van der Waals surface area (Å²) in [4.78, 5) is 12.5. The van der Waals surface area contributed by atoms with E-state index in [1.807, 2.05) is 6.07 Å². The predicted octanol–water partition coefficient (Wildman–Crippen LogP) is 2.91. The summed E-state index contributed by atoms with van der Waals surface area (Å²) in [7, 11) is 0. The molecule has 0 atom stereocenters. The van der Waals surface area contributed by atoms with Crippen molar-refractivity contribution in [2.45, 2.75) is 0 Å². The van der Waals surface area contributed by atoms with E-state index in [9.17, 15) is 4.39 Å². The monoisotopic (exact) mass is 240 g/mol. The van der Waals surface area contributed by atoms with Gasteiger partial charge in [0, 0.05) is 11.9 Å². The van der Waals surface area contributed by atoms with Crippen LogP contribution in [0.4, 0.5) is 15.9 Å². The minimum atomic E-state index is -0.300. The van der Waals surface area contributed by atoms with Gasteiger partial charge in [0.15, 0.2) is 5.82 Å². The highest BCUT2D eigenvalue weighted by molar-refractivity contribution is 5.86. The number of pyridine rings is 1. The molecule has 0 unspecified atom stereocenters. The molecule has 88 valence electrons. The maximum Gasteiger partial charge on any atom is 0.160 e. The molecule has 0 saturated carbocycles. The number of aromatic nitrogens is 3. The smallest absolute Gasteiger partial charge is 0.160 e. The Kier molecular flexibility index (Phi) is 2.57. The minimum Gasteiger partial charge on any atom is -0.338 e. The van der Waals surface area contributed by atoms with E-state index in [0.717, 1.165) is 5.52 Å². The molecule has 0 bridgehead atoms. The molecular formula is C13H9FN4. The van der Waals surface area contributed by atoms with Gasteiger partial charge in [-0.3, -0.25) is 4.98 Å². The fourth-order valence-corrected chi connectivity index (χ4v) is 1.69. The maximum atomic E-state index is 13.1. The quantitative estimate of drug-likeness (QED) is 0.748. The first-order valence-corrected chi connectivity index (χ1v) is 5.41. The number of benzene rings is 1. The number of fused-ring (bicyclic) bond motifs is 1.